The van der Waals surface area contributed by atoms with E-state index >= 15 is 0 Å². The molecular formula is C18H20BrNO. The van der Waals surface area contributed by atoms with Crippen molar-refractivity contribution in [2.75, 3.05) is 0 Å². The number of hydrogen-bond donors (Lipinski definition) is 1. The molecule has 110 valence electrons. The smallest absolute Gasteiger partial charge is 0.251 e. The number of carbonyl (C=O) groups excluding carboxylic acids is 1. The Labute approximate surface area is 134 Å². The van der Waals surface area contributed by atoms with Gasteiger partial charge < -0.3 is 5.32 Å². The van der Waals surface area contributed by atoms with Crippen molar-refractivity contribution < 1.29 is 4.79 Å². The lowest BCUT2D eigenvalue weighted by atomic mass is 10.0. The highest BCUT2D eigenvalue weighted by Crippen LogP contribution is 2.17. The molecule has 0 heterocycles. The maximum absolute atomic E-state index is 12.3. The fourth-order valence-corrected chi connectivity index (χ4v) is 2.64. The minimum Gasteiger partial charge on any atom is -0.349 e. The Morgan fingerprint density at radius 3 is 2.52 bits per heavy atom. The SMILES string of the molecule is Cc1ccc(C(=O)NC(C)Cc2ccccc2C)cc1Br. The van der Waals surface area contributed by atoms with Gasteiger partial charge in [0.1, 0.15) is 0 Å². The molecule has 0 fully saturated rings. The van der Waals surface area contributed by atoms with Crippen LogP contribution < -0.4 is 5.32 Å². The van der Waals surface area contributed by atoms with Crippen LogP contribution in [-0.4, -0.2) is 11.9 Å². The number of carbonyl (C=O) groups is 1. The molecule has 21 heavy (non-hydrogen) atoms. The van der Waals surface area contributed by atoms with Crippen molar-refractivity contribution in [3.8, 4) is 0 Å². The first-order valence-corrected chi connectivity index (χ1v) is 7.88. The van der Waals surface area contributed by atoms with Crippen molar-refractivity contribution in [2.45, 2.75) is 33.2 Å². The van der Waals surface area contributed by atoms with Crippen molar-refractivity contribution in [1.82, 2.24) is 5.32 Å². The van der Waals surface area contributed by atoms with E-state index in [-0.39, 0.29) is 11.9 Å². The number of amides is 1. The Hall–Kier alpha value is -1.61. The monoisotopic (exact) mass is 345 g/mol. The van der Waals surface area contributed by atoms with Crippen molar-refractivity contribution in [3.05, 3.63) is 69.2 Å². The summed E-state index contributed by atoms with van der Waals surface area (Å²) in [6.07, 6.45) is 0.839. The number of nitrogens with one attached hydrogen (secondary N) is 1. The Morgan fingerprint density at radius 1 is 1.14 bits per heavy atom. The average molecular weight is 346 g/mol. The zero-order valence-corrected chi connectivity index (χ0v) is 14.2. The predicted molar refractivity (Wildman–Crippen MR) is 90.7 cm³/mol. The summed E-state index contributed by atoms with van der Waals surface area (Å²) < 4.78 is 0.960. The van der Waals surface area contributed by atoms with Gasteiger partial charge in [0.15, 0.2) is 0 Å². The molecular weight excluding hydrogens is 326 g/mol. The van der Waals surface area contributed by atoms with Gasteiger partial charge in [0.05, 0.1) is 0 Å². The molecule has 0 spiro atoms. The van der Waals surface area contributed by atoms with Crippen molar-refractivity contribution in [2.24, 2.45) is 0 Å². The molecule has 2 nitrogen and oxygen atoms in total. The van der Waals surface area contributed by atoms with Crippen molar-refractivity contribution in [1.29, 1.82) is 0 Å². The number of rotatable bonds is 4. The van der Waals surface area contributed by atoms with E-state index in [0.29, 0.717) is 5.56 Å². The number of aryl methyl sites for hydroxylation is 2. The minimum atomic E-state index is -0.0308. The first-order valence-electron chi connectivity index (χ1n) is 7.09. The molecule has 0 aliphatic heterocycles. The molecule has 0 aliphatic rings. The van der Waals surface area contributed by atoms with Crippen LogP contribution in [0.1, 0.15) is 34.0 Å². The summed E-state index contributed by atoms with van der Waals surface area (Å²) in [6, 6.07) is 14.0. The predicted octanol–water partition coefficient (Wildman–Crippen LogP) is 4.43. The lowest BCUT2D eigenvalue weighted by Gasteiger charge is -2.15. The highest BCUT2D eigenvalue weighted by atomic mass is 79.9. The third-order valence-electron chi connectivity index (χ3n) is 3.60. The van der Waals surface area contributed by atoms with Gasteiger partial charge in [-0.25, -0.2) is 0 Å². The zero-order chi connectivity index (χ0) is 15.4. The summed E-state index contributed by atoms with van der Waals surface area (Å²) in [5, 5.41) is 3.06. The van der Waals surface area contributed by atoms with Crippen molar-refractivity contribution >= 4 is 21.8 Å². The minimum absolute atomic E-state index is 0.0308. The highest BCUT2D eigenvalue weighted by Gasteiger charge is 2.12. The second-order valence-corrected chi connectivity index (χ2v) is 6.32. The fourth-order valence-electron chi connectivity index (χ4n) is 2.26. The molecule has 3 heteroatoms. The van der Waals surface area contributed by atoms with Crippen LogP contribution in [0.2, 0.25) is 0 Å². The van der Waals surface area contributed by atoms with E-state index in [1.807, 2.05) is 44.2 Å². The Kier molecular flexibility index (Phi) is 5.18. The van der Waals surface area contributed by atoms with Gasteiger partial charge in [-0.15, -0.1) is 0 Å². The Bertz CT molecular complexity index is 651. The first-order chi connectivity index (χ1) is 9.97. The van der Waals surface area contributed by atoms with Gasteiger partial charge in [0.2, 0.25) is 0 Å². The van der Waals surface area contributed by atoms with Crippen molar-refractivity contribution in [3.63, 3.8) is 0 Å². The van der Waals surface area contributed by atoms with E-state index in [2.05, 4.69) is 40.3 Å². The zero-order valence-electron chi connectivity index (χ0n) is 12.6. The molecule has 2 aromatic rings. The fraction of sp³-hybridized carbons (Fsp3) is 0.278. The van der Waals surface area contributed by atoms with Crippen LogP contribution in [0, 0.1) is 13.8 Å². The molecule has 0 bridgehead atoms. The molecule has 1 N–H and O–H groups in total. The summed E-state index contributed by atoms with van der Waals surface area (Å²) in [7, 11) is 0. The highest BCUT2D eigenvalue weighted by molar-refractivity contribution is 9.10. The average Bonchev–Trinajstić information content (AvgIpc) is 2.44. The molecule has 2 rings (SSSR count). The van der Waals surface area contributed by atoms with Gasteiger partial charge in [-0.2, -0.15) is 0 Å². The normalized spacial score (nSPS) is 12.0. The second kappa shape index (κ2) is 6.90. The largest absolute Gasteiger partial charge is 0.349 e. The molecule has 2 aromatic carbocycles. The van der Waals surface area contributed by atoms with Gasteiger partial charge in [0.25, 0.3) is 5.91 Å². The van der Waals surface area contributed by atoms with Gasteiger partial charge in [0, 0.05) is 16.1 Å². The first kappa shape index (κ1) is 15.8. The van der Waals surface area contributed by atoms with E-state index in [4.69, 9.17) is 0 Å². The van der Waals surface area contributed by atoms with E-state index < -0.39 is 0 Å². The third-order valence-corrected chi connectivity index (χ3v) is 4.45. The quantitative estimate of drug-likeness (QED) is 0.872. The van der Waals surface area contributed by atoms with E-state index in [1.54, 1.807) is 0 Å². The number of benzene rings is 2. The maximum atomic E-state index is 12.3. The molecule has 0 aromatic heterocycles. The summed E-state index contributed by atoms with van der Waals surface area (Å²) in [6.45, 7) is 6.14. The number of halogens is 1. The van der Waals surface area contributed by atoms with Crippen LogP contribution in [0.5, 0.6) is 0 Å². The molecule has 0 saturated heterocycles. The van der Waals surface area contributed by atoms with Crippen LogP contribution in [-0.2, 0) is 6.42 Å². The summed E-state index contributed by atoms with van der Waals surface area (Å²) in [4.78, 5) is 12.3. The van der Waals surface area contributed by atoms with E-state index in [9.17, 15) is 4.79 Å². The van der Waals surface area contributed by atoms with Crippen LogP contribution in [0.25, 0.3) is 0 Å². The van der Waals surface area contributed by atoms with E-state index in [0.717, 1.165) is 16.5 Å². The van der Waals surface area contributed by atoms with Gasteiger partial charge in [-0.05, 0) is 56.0 Å². The van der Waals surface area contributed by atoms with Crippen LogP contribution in [0.15, 0.2) is 46.9 Å². The summed E-state index contributed by atoms with van der Waals surface area (Å²) in [5.74, 6) is -0.0308. The maximum Gasteiger partial charge on any atom is 0.251 e. The van der Waals surface area contributed by atoms with E-state index in [1.165, 1.54) is 11.1 Å². The topological polar surface area (TPSA) is 29.1 Å². The Morgan fingerprint density at radius 2 is 1.86 bits per heavy atom. The molecule has 1 unspecified atom stereocenters. The van der Waals surface area contributed by atoms with Gasteiger partial charge >= 0.3 is 0 Å². The van der Waals surface area contributed by atoms with Gasteiger partial charge in [-0.3, -0.25) is 4.79 Å². The lowest BCUT2D eigenvalue weighted by Crippen LogP contribution is -2.34. The standard InChI is InChI=1S/C18H20BrNO/c1-12-6-4-5-7-15(12)10-14(3)20-18(21)16-9-8-13(2)17(19)11-16/h4-9,11,14H,10H2,1-3H3,(H,20,21). The number of hydrogen-bond acceptors (Lipinski definition) is 1. The summed E-state index contributed by atoms with van der Waals surface area (Å²) >= 11 is 3.46. The summed E-state index contributed by atoms with van der Waals surface area (Å²) in [5.41, 5.74) is 4.34. The molecule has 0 aliphatic carbocycles. The van der Waals surface area contributed by atoms with Crippen LogP contribution >= 0.6 is 15.9 Å². The van der Waals surface area contributed by atoms with Gasteiger partial charge in [-0.1, -0.05) is 46.3 Å². The Balaban J connectivity index is 2.02. The van der Waals surface area contributed by atoms with Crippen LogP contribution in [0.4, 0.5) is 0 Å². The molecule has 1 atom stereocenters. The van der Waals surface area contributed by atoms with Crippen LogP contribution in [0.3, 0.4) is 0 Å². The molecule has 1 amide bonds. The molecule has 0 radical (unpaired) electrons. The second-order valence-electron chi connectivity index (χ2n) is 5.47. The molecule has 0 saturated carbocycles. The lowest BCUT2D eigenvalue weighted by molar-refractivity contribution is 0.0940. The third kappa shape index (κ3) is 4.18.